The fourth-order valence-corrected chi connectivity index (χ4v) is 3.57. The van der Waals surface area contributed by atoms with Gasteiger partial charge in [-0.05, 0) is 36.5 Å². The largest absolute Gasteiger partial charge is 0.497 e. The second-order valence-corrected chi connectivity index (χ2v) is 7.11. The Morgan fingerprint density at radius 1 is 1.15 bits per heavy atom. The molecule has 0 unspecified atom stereocenters. The number of methoxy groups -OCH3 is 1. The molecular weight excluding hydrogens is 326 g/mol. The first-order valence-corrected chi connectivity index (χ1v) is 9.84. The van der Waals surface area contributed by atoms with E-state index in [9.17, 15) is 0 Å². The van der Waals surface area contributed by atoms with E-state index in [0.29, 0.717) is 5.92 Å². The van der Waals surface area contributed by atoms with Gasteiger partial charge in [0.25, 0.3) is 0 Å². The van der Waals surface area contributed by atoms with Crippen LogP contribution in [0.5, 0.6) is 5.75 Å². The van der Waals surface area contributed by atoms with Crippen molar-refractivity contribution in [2.75, 3.05) is 40.5 Å². The number of guanidine groups is 1. The van der Waals surface area contributed by atoms with Crippen LogP contribution < -0.4 is 15.4 Å². The summed E-state index contributed by atoms with van der Waals surface area (Å²) in [5.41, 5.74) is 1.40. The van der Waals surface area contributed by atoms with Crippen LogP contribution in [0.25, 0.3) is 0 Å². The maximum Gasteiger partial charge on any atom is 0.191 e. The predicted molar refractivity (Wildman–Crippen MR) is 108 cm³/mol. The lowest BCUT2D eigenvalue weighted by Gasteiger charge is -2.38. The first kappa shape index (κ1) is 20.6. The summed E-state index contributed by atoms with van der Waals surface area (Å²) in [6, 6.07) is 8.47. The molecule has 1 fully saturated rings. The number of nitrogens with one attached hydrogen (secondary N) is 2. The van der Waals surface area contributed by atoms with E-state index in [-0.39, 0.29) is 5.41 Å². The summed E-state index contributed by atoms with van der Waals surface area (Å²) >= 11 is 0. The molecule has 26 heavy (non-hydrogen) atoms. The van der Waals surface area contributed by atoms with Gasteiger partial charge >= 0.3 is 0 Å². The quantitative estimate of drug-likeness (QED) is 0.551. The van der Waals surface area contributed by atoms with E-state index in [2.05, 4.69) is 41.6 Å². The van der Waals surface area contributed by atoms with Crippen LogP contribution >= 0.6 is 0 Å². The zero-order valence-corrected chi connectivity index (χ0v) is 16.8. The maximum absolute atomic E-state index is 5.63. The van der Waals surface area contributed by atoms with Crippen molar-refractivity contribution in [3.8, 4) is 5.75 Å². The van der Waals surface area contributed by atoms with Crippen LogP contribution in [0.4, 0.5) is 0 Å². The molecule has 1 aliphatic heterocycles. The third kappa shape index (κ3) is 5.37. The predicted octanol–water partition coefficient (Wildman–Crippen LogP) is 3.34. The lowest BCUT2D eigenvalue weighted by molar-refractivity contribution is 0.0513. The van der Waals surface area contributed by atoms with E-state index in [1.807, 2.05) is 19.2 Å². The molecule has 1 heterocycles. The first-order chi connectivity index (χ1) is 12.7. The van der Waals surface area contributed by atoms with Gasteiger partial charge in [-0.2, -0.15) is 0 Å². The summed E-state index contributed by atoms with van der Waals surface area (Å²) in [6.45, 7) is 7.90. The molecule has 0 atom stereocenters. The average Bonchev–Trinajstić information content (AvgIpc) is 2.71. The number of hydrogen-bond donors (Lipinski definition) is 2. The van der Waals surface area contributed by atoms with E-state index in [4.69, 9.17) is 9.47 Å². The van der Waals surface area contributed by atoms with Crippen LogP contribution in [0.3, 0.4) is 0 Å². The van der Waals surface area contributed by atoms with Crippen molar-refractivity contribution >= 4 is 5.96 Å². The number of ether oxygens (including phenoxy) is 2. The van der Waals surface area contributed by atoms with Crippen LogP contribution in [0.15, 0.2) is 29.3 Å². The minimum absolute atomic E-state index is 0.0665. The van der Waals surface area contributed by atoms with Crippen molar-refractivity contribution in [3.63, 3.8) is 0 Å². The first-order valence-electron chi connectivity index (χ1n) is 9.84. The van der Waals surface area contributed by atoms with Crippen molar-refractivity contribution in [1.82, 2.24) is 10.6 Å². The number of rotatable bonds is 8. The molecule has 146 valence electrons. The van der Waals surface area contributed by atoms with E-state index in [0.717, 1.165) is 50.9 Å². The smallest absolute Gasteiger partial charge is 0.191 e. The standard InChI is InChI=1S/C21H35N3O2/c1-5-17(6-2)15-23-20(22-3)24-16-21(11-13-26-14-12-21)18-7-9-19(25-4)10-8-18/h7-10,17H,5-6,11-16H2,1-4H3,(H2,22,23,24). The van der Waals surface area contributed by atoms with E-state index in [1.165, 1.54) is 18.4 Å². The third-order valence-electron chi connectivity index (χ3n) is 5.68. The molecule has 1 saturated heterocycles. The Morgan fingerprint density at radius 3 is 2.35 bits per heavy atom. The Kier molecular flexibility index (Phi) is 8.23. The maximum atomic E-state index is 5.63. The molecule has 0 saturated carbocycles. The molecule has 0 radical (unpaired) electrons. The van der Waals surface area contributed by atoms with Gasteiger partial charge in [0.15, 0.2) is 5.96 Å². The normalized spacial score (nSPS) is 17.2. The molecule has 0 aromatic heterocycles. The van der Waals surface area contributed by atoms with E-state index < -0.39 is 0 Å². The van der Waals surface area contributed by atoms with Crippen molar-refractivity contribution in [2.45, 2.75) is 44.9 Å². The van der Waals surface area contributed by atoms with Gasteiger partial charge in [-0.1, -0.05) is 38.8 Å². The lowest BCUT2D eigenvalue weighted by atomic mass is 9.74. The second-order valence-electron chi connectivity index (χ2n) is 7.11. The highest BCUT2D eigenvalue weighted by molar-refractivity contribution is 5.79. The van der Waals surface area contributed by atoms with Crippen LogP contribution in [-0.4, -0.2) is 46.4 Å². The molecule has 0 amide bonds. The number of benzene rings is 1. The number of nitrogens with zero attached hydrogens (tertiary/aromatic N) is 1. The van der Waals surface area contributed by atoms with Crippen LogP contribution in [0, 0.1) is 5.92 Å². The fourth-order valence-electron chi connectivity index (χ4n) is 3.57. The number of hydrogen-bond acceptors (Lipinski definition) is 3. The minimum Gasteiger partial charge on any atom is -0.497 e. The Morgan fingerprint density at radius 2 is 1.81 bits per heavy atom. The van der Waals surface area contributed by atoms with Gasteiger partial charge in [0.1, 0.15) is 5.75 Å². The van der Waals surface area contributed by atoms with Crippen molar-refractivity contribution in [3.05, 3.63) is 29.8 Å². The van der Waals surface area contributed by atoms with Gasteiger partial charge in [0, 0.05) is 38.8 Å². The topological polar surface area (TPSA) is 54.9 Å². The molecule has 1 aliphatic rings. The van der Waals surface area contributed by atoms with Crippen LogP contribution in [0.2, 0.25) is 0 Å². The molecule has 1 aromatic rings. The summed E-state index contributed by atoms with van der Waals surface area (Å²) in [6.07, 6.45) is 4.40. The van der Waals surface area contributed by atoms with Crippen molar-refractivity contribution in [1.29, 1.82) is 0 Å². The SMILES string of the molecule is CCC(CC)CNC(=NC)NCC1(c2ccc(OC)cc2)CCOCC1. The van der Waals surface area contributed by atoms with Crippen molar-refractivity contribution < 1.29 is 9.47 Å². The Labute approximate surface area is 158 Å². The van der Waals surface area contributed by atoms with E-state index >= 15 is 0 Å². The molecule has 0 bridgehead atoms. The summed E-state index contributed by atoms with van der Waals surface area (Å²) in [5.74, 6) is 2.47. The Balaban J connectivity index is 2.04. The summed E-state index contributed by atoms with van der Waals surface area (Å²) < 4.78 is 10.9. The van der Waals surface area contributed by atoms with E-state index in [1.54, 1.807) is 7.11 Å². The van der Waals surface area contributed by atoms with Gasteiger partial charge in [-0.3, -0.25) is 4.99 Å². The second kappa shape index (κ2) is 10.4. The average molecular weight is 362 g/mol. The molecule has 0 aliphatic carbocycles. The Hall–Kier alpha value is -1.75. The van der Waals surface area contributed by atoms with Crippen molar-refractivity contribution in [2.24, 2.45) is 10.9 Å². The molecule has 1 aromatic carbocycles. The monoisotopic (exact) mass is 361 g/mol. The highest BCUT2D eigenvalue weighted by Gasteiger charge is 2.34. The Bertz CT molecular complexity index is 547. The zero-order chi connectivity index (χ0) is 18.8. The summed E-state index contributed by atoms with van der Waals surface area (Å²) in [4.78, 5) is 4.41. The van der Waals surface area contributed by atoms with Gasteiger partial charge in [0.2, 0.25) is 0 Å². The molecule has 5 heteroatoms. The zero-order valence-electron chi connectivity index (χ0n) is 16.8. The highest BCUT2D eigenvalue weighted by atomic mass is 16.5. The van der Waals surface area contributed by atoms with Crippen LogP contribution in [-0.2, 0) is 10.2 Å². The molecular formula is C21H35N3O2. The molecule has 2 rings (SSSR count). The number of aliphatic imine (C=N–C) groups is 1. The summed E-state index contributed by atoms with van der Waals surface area (Å²) in [5, 5.41) is 7.05. The fraction of sp³-hybridized carbons (Fsp3) is 0.667. The third-order valence-corrected chi connectivity index (χ3v) is 5.68. The lowest BCUT2D eigenvalue weighted by Crippen LogP contribution is -2.48. The highest BCUT2D eigenvalue weighted by Crippen LogP contribution is 2.35. The van der Waals surface area contributed by atoms with Gasteiger partial charge < -0.3 is 20.1 Å². The van der Waals surface area contributed by atoms with Gasteiger partial charge in [-0.15, -0.1) is 0 Å². The van der Waals surface area contributed by atoms with Gasteiger partial charge in [-0.25, -0.2) is 0 Å². The summed E-state index contributed by atoms with van der Waals surface area (Å²) in [7, 11) is 3.54. The molecule has 5 nitrogen and oxygen atoms in total. The van der Waals surface area contributed by atoms with Crippen LogP contribution in [0.1, 0.15) is 45.1 Å². The molecule has 0 spiro atoms. The molecule has 2 N–H and O–H groups in total. The minimum atomic E-state index is 0.0665. The van der Waals surface area contributed by atoms with Gasteiger partial charge in [0.05, 0.1) is 7.11 Å².